The maximum Gasteiger partial charge on any atom is 0.318 e. The fourth-order valence-electron chi connectivity index (χ4n) is 1.90. The number of amides is 1. The topological polar surface area (TPSA) is 74.5 Å². The molecular formula is C12H21N5O2. The van der Waals surface area contributed by atoms with Crippen LogP contribution in [0, 0.1) is 0 Å². The number of anilines is 1. The lowest BCUT2D eigenvalue weighted by molar-refractivity contribution is -0.129. The summed E-state index contributed by atoms with van der Waals surface area (Å²) in [4.78, 5) is 15.2. The Hall–Kier alpha value is -1.63. The molecular weight excluding hydrogens is 246 g/mol. The monoisotopic (exact) mass is 267 g/mol. The summed E-state index contributed by atoms with van der Waals surface area (Å²) >= 11 is 0. The summed E-state index contributed by atoms with van der Waals surface area (Å²) in [6.45, 7) is 6.71. The van der Waals surface area contributed by atoms with E-state index in [2.05, 4.69) is 22.4 Å². The number of nitrogens with zero attached hydrogens (tertiary/aromatic N) is 4. The van der Waals surface area contributed by atoms with Crippen molar-refractivity contribution in [3.8, 4) is 0 Å². The molecule has 2 rings (SSSR count). The Morgan fingerprint density at radius 2 is 2.21 bits per heavy atom. The van der Waals surface area contributed by atoms with Crippen molar-refractivity contribution in [2.75, 3.05) is 38.1 Å². The highest BCUT2D eigenvalue weighted by Crippen LogP contribution is 2.18. The number of rotatable bonds is 5. The lowest BCUT2D eigenvalue weighted by Gasteiger charge is -2.30. The summed E-state index contributed by atoms with van der Waals surface area (Å²) in [7, 11) is 1.80. The van der Waals surface area contributed by atoms with Gasteiger partial charge in [-0.05, 0) is 19.9 Å². The standard InChI is InChI=1S/C12H21N5O2/c1-4-5-13-9(2)11-14-15-12(19-11)17-7-6-16(3)10(18)8-17/h9,13H,4-8H2,1-3H3. The van der Waals surface area contributed by atoms with E-state index in [0.29, 0.717) is 25.0 Å². The van der Waals surface area contributed by atoms with Crippen molar-refractivity contribution < 1.29 is 9.21 Å². The van der Waals surface area contributed by atoms with Crippen LogP contribution in [0.25, 0.3) is 0 Å². The molecule has 1 saturated heterocycles. The van der Waals surface area contributed by atoms with E-state index in [1.165, 1.54) is 0 Å². The number of carbonyl (C=O) groups is 1. The maximum absolute atomic E-state index is 11.6. The molecule has 106 valence electrons. The van der Waals surface area contributed by atoms with Gasteiger partial charge in [-0.2, -0.15) is 0 Å². The highest BCUT2D eigenvalue weighted by molar-refractivity contribution is 5.81. The Labute approximate surface area is 113 Å². The lowest BCUT2D eigenvalue weighted by atomic mass is 10.3. The van der Waals surface area contributed by atoms with Crippen LogP contribution in [0.4, 0.5) is 6.01 Å². The summed E-state index contributed by atoms with van der Waals surface area (Å²) in [5.41, 5.74) is 0. The fourth-order valence-corrected chi connectivity index (χ4v) is 1.90. The van der Waals surface area contributed by atoms with Crippen LogP contribution >= 0.6 is 0 Å². The zero-order valence-electron chi connectivity index (χ0n) is 11.7. The van der Waals surface area contributed by atoms with Crippen molar-refractivity contribution in [2.45, 2.75) is 26.3 Å². The van der Waals surface area contributed by atoms with Gasteiger partial charge in [-0.1, -0.05) is 12.0 Å². The third kappa shape index (κ3) is 3.23. The van der Waals surface area contributed by atoms with E-state index in [-0.39, 0.29) is 11.9 Å². The molecule has 2 heterocycles. The van der Waals surface area contributed by atoms with Gasteiger partial charge >= 0.3 is 6.01 Å². The number of nitrogens with one attached hydrogen (secondary N) is 1. The SMILES string of the molecule is CCCNC(C)c1nnc(N2CCN(C)C(=O)C2)o1. The second-order valence-corrected chi connectivity index (χ2v) is 4.84. The van der Waals surface area contributed by atoms with Crippen LogP contribution in [0.2, 0.25) is 0 Å². The highest BCUT2D eigenvalue weighted by Gasteiger charge is 2.25. The van der Waals surface area contributed by atoms with Crippen LogP contribution < -0.4 is 10.2 Å². The molecule has 1 aliphatic rings. The lowest BCUT2D eigenvalue weighted by Crippen LogP contribution is -2.48. The summed E-state index contributed by atoms with van der Waals surface area (Å²) in [6, 6.07) is 0.464. The van der Waals surface area contributed by atoms with Crippen molar-refractivity contribution in [2.24, 2.45) is 0 Å². The van der Waals surface area contributed by atoms with Crippen molar-refractivity contribution in [3.63, 3.8) is 0 Å². The van der Waals surface area contributed by atoms with Gasteiger partial charge in [0, 0.05) is 20.1 Å². The molecule has 7 heteroatoms. The van der Waals surface area contributed by atoms with Crippen LogP contribution in [-0.2, 0) is 4.79 Å². The van der Waals surface area contributed by atoms with Gasteiger partial charge in [-0.3, -0.25) is 4.79 Å². The third-order valence-corrected chi connectivity index (χ3v) is 3.23. The van der Waals surface area contributed by atoms with Gasteiger partial charge in [0.2, 0.25) is 11.8 Å². The van der Waals surface area contributed by atoms with E-state index in [1.54, 1.807) is 11.9 Å². The van der Waals surface area contributed by atoms with Gasteiger partial charge in [0.05, 0.1) is 6.04 Å². The zero-order valence-corrected chi connectivity index (χ0v) is 11.7. The average Bonchev–Trinajstić information content (AvgIpc) is 2.89. The summed E-state index contributed by atoms with van der Waals surface area (Å²) < 4.78 is 5.64. The van der Waals surface area contributed by atoms with E-state index >= 15 is 0 Å². The molecule has 0 spiro atoms. The Morgan fingerprint density at radius 1 is 1.42 bits per heavy atom. The first-order valence-corrected chi connectivity index (χ1v) is 6.67. The molecule has 1 atom stereocenters. The maximum atomic E-state index is 11.6. The number of hydrogen-bond acceptors (Lipinski definition) is 6. The minimum atomic E-state index is 0.0318. The number of carbonyl (C=O) groups excluding carboxylic acids is 1. The van der Waals surface area contributed by atoms with Gasteiger partial charge in [-0.15, -0.1) is 5.10 Å². The van der Waals surface area contributed by atoms with Crippen molar-refractivity contribution in [3.05, 3.63) is 5.89 Å². The molecule has 0 saturated carbocycles. The summed E-state index contributed by atoms with van der Waals surface area (Å²) in [6.07, 6.45) is 1.05. The molecule has 0 aliphatic carbocycles. The minimum absolute atomic E-state index is 0.0318. The first kappa shape index (κ1) is 13.8. The molecule has 1 aliphatic heterocycles. The van der Waals surface area contributed by atoms with Gasteiger partial charge in [0.1, 0.15) is 6.54 Å². The van der Waals surface area contributed by atoms with E-state index in [0.717, 1.165) is 19.5 Å². The second kappa shape index (κ2) is 6.01. The van der Waals surface area contributed by atoms with Crippen LogP contribution in [-0.4, -0.2) is 54.2 Å². The Bertz CT molecular complexity index is 434. The molecule has 1 fully saturated rings. The largest absolute Gasteiger partial charge is 0.406 e. The van der Waals surface area contributed by atoms with E-state index in [9.17, 15) is 4.79 Å². The van der Waals surface area contributed by atoms with E-state index in [4.69, 9.17) is 4.42 Å². The third-order valence-electron chi connectivity index (χ3n) is 3.23. The fraction of sp³-hybridized carbons (Fsp3) is 0.750. The second-order valence-electron chi connectivity index (χ2n) is 4.84. The predicted molar refractivity (Wildman–Crippen MR) is 70.9 cm³/mol. The van der Waals surface area contributed by atoms with Gasteiger partial charge in [0.25, 0.3) is 0 Å². The Balaban J connectivity index is 1.98. The van der Waals surface area contributed by atoms with E-state index < -0.39 is 0 Å². The van der Waals surface area contributed by atoms with Crippen LogP contribution in [0.15, 0.2) is 4.42 Å². The molecule has 1 N–H and O–H groups in total. The molecule has 0 radical (unpaired) electrons. The number of hydrogen-bond donors (Lipinski definition) is 1. The van der Waals surface area contributed by atoms with Crippen LogP contribution in [0.1, 0.15) is 32.2 Å². The molecule has 19 heavy (non-hydrogen) atoms. The van der Waals surface area contributed by atoms with Gasteiger partial charge in [0.15, 0.2) is 0 Å². The Kier molecular flexibility index (Phi) is 4.36. The first-order chi connectivity index (χ1) is 9.11. The number of aromatic nitrogens is 2. The number of likely N-dealkylation sites (N-methyl/N-ethyl adjacent to an activating group) is 1. The molecule has 0 bridgehead atoms. The van der Waals surface area contributed by atoms with Crippen LogP contribution in [0.5, 0.6) is 0 Å². The molecule has 1 aromatic heterocycles. The molecule has 1 aromatic rings. The molecule has 1 amide bonds. The summed E-state index contributed by atoms with van der Waals surface area (Å²) in [5, 5.41) is 11.4. The van der Waals surface area contributed by atoms with Crippen molar-refractivity contribution in [1.29, 1.82) is 0 Å². The zero-order chi connectivity index (χ0) is 13.8. The Morgan fingerprint density at radius 3 is 2.89 bits per heavy atom. The first-order valence-electron chi connectivity index (χ1n) is 6.67. The van der Waals surface area contributed by atoms with Crippen molar-refractivity contribution in [1.82, 2.24) is 20.4 Å². The van der Waals surface area contributed by atoms with Crippen LogP contribution in [0.3, 0.4) is 0 Å². The smallest absolute Gasteiger partial charge is 0.318 e. The van der Waals surface area contributed by atoms with E-state index in [1.807, 2.05) is 11.8 Å². The average molecular weight is 267 g/mol. The predicted octanol–water partition coefficient (Wildman–Crippen LogP) is 0.409. The highest BCUT2D eigenvalue weighted by atomic mass is 16.4. The molecule has 1 unspecified atom stereocenters. The summed E-state index contributed by atoms with van der Waals surface area (Å²) in [5.74, 6) is 0.637. The van der Waals surface area contributed by atoms with Gasteiger partial charge in [-0.25, -0.2) is 0 Å². The minimum Gasteiger partial charge on any atom is -0.406 e. The van der Waals surface area contributed by atoms with Gasteiger partial charge < -0.3 is 19.5 Å². The van der Waals surface area contributed by atoms with Crippen molar-refractivity contribution >= 4 is 11.9 Å². The molecule has 7 nitrogen and oxygen atoms in total. The molecule has 0 aromatic carbocycles. The quantitative estimate of drug-likeness (QED) is 0.833. The normalized spacial score (nSPS) is 17.9. The number of piperazine rings is 1.